The molecule has 142 valence electrons. The number of halogens is 1. The summed E-state index contributed by atoms with van der Waals surface area (Å²) in [6.07, 6.45) is 6.53. The van der Waals surface area contributed by atoms with Gasteiger partial charge in [-0.2, -0.15) is 9.61 Å². The van der Waals surface area contributed by atoms with E-state index in [4.69, 9.17) is 11.6 Å². The third kappa shape index (κ3) is 3.91. The maximum absolute atomic E-state index is 11.7. The van der Waals surface area contributed by atoms with Gasteiger partial charge in [-0.05, 0) is 30.5 Å². The molecular weight excluding hydrogens is 406 g/mol. The fourth-order valence-corrected chi connectivity index (χ4v) is 5.01. The van der Waals surface area contributed by atoms with Gasteiger partial charge in [0.15, 0.2) is 5.82 Å². The predicted molar refractivity (Wildman–Crippen MR) is 107 cm³/mol. The van der Waals surface area contributed by atoms with Crippen molar-refractivity contribution in [3.63, 3.8) is 0 Å². The molecule has 27 heavy (non-hydrogen) atoms. The molecule has 1 aliphatic rings. The van der Waals surface area contributed by atoms with Crippen molar-refractivity contribution in [2.24, 2.45) is 0 Å². The molecule has 10 heteroatoms. The minimum atomic E-state index is -3.14. The minimum Gasteiger partial charge on any atom is -0.213 e. The van der Waals surface area contributed by atoms with Crippen LogP contribution in [0.15, 0.2) is 24.3 Å². The average molecular weight is 424 g/mol. The van der Waals surface area contributed by atoms with E-state index in [-0.39, 0.29) is 5.92 Å². The van der Waals surface area contributed by atoms with Crippen LogP contribution in [-0.2, 0) is 10.0 Å². The van der Waals surface area contributed by atoms with Crippen LogP contribution in [0.4, 0.5) is 0 Å². The molecule has 0 bridgehead atoms. The normalized spacial score (nSPS) is 17.3. The van der Waals surface area contributed by atoms with Gasteiger partial charge in [0.1, 0.15) is 5.01 Å². The van der Waals surface area contributed by atoms with Crippen LogP contribution in [0.3, 0.4) is 0 Å². The minimum absolute atomic E-state index is 0.153. The highest BCUT2D eigenvalue weighted by molar-refractivity contribution is 7.88. The lowest BCUT2D eigenvalue weighted by atomic mass is 9.97. The summed E-state index contributed by atoms with van der Waals surface area (Å²) in [6, 6.07) is 7.62. The zero-order valence-electron chi connectivity index (χ0n) is 14.6. The van der Waals surface area contributed by atoms with Gasteiger partial charge in [0, 0.05) is 24.0 Å². The predicted octanol–water partition coefficient (Wildman–Crippen LogP) is 3.15. The molecule has 1 aliphatic heterocycles. The number of piperidine rings is 1. The van der Waals surface area contributed by atoms with Crippen molar-refractivity contribution in [3.05, 3.63) is 45.7 Å². The fourth-order valence-electron chi connectivity index (χ4n) is 3.19. The quantitative estimate of drug-likeness (QED) is 0.643. The summed E-state index contributed by atoms with van der Waals surface area (Å²) in [7, 11) is -3.14. The number of fused-ring (bicyclic) bond motifs is 1. The molecule has 7 nitrogen and oxygen atoms in total. The first kappa shape index (κ1) is 18.5. The summed E-state index contributed by atoms with van der Waals surface area (Å²) in [6.45, 7) is 1.00. The zero-order valence-corrected chi connectivity index (χ0v) is 17.0. The maximum Gasteiger partial charge on any atom is 0.234 e. The molecule has 1 saturated heterocycles. The molecule has 2 aromatic heterocycles. The van der Waals surface area contributed by atoms with Gasteiger partial charge in [-0.1, -0.05) is 47.2 Å². The summed E-state index contributed by atoms with van der Waals surface area (Å²) >= 11 is 7.63. The Balaban J connectivity index is 1.54. The molecule has 0 aliphatic carbocycles. The topological polar surface area (TPSA) is 80.5 Å². The van der Waals surface area contributed by atoms with Gasteiger partial charge >= 0.3 is 0 Å². The number of hydrogen-bond acceptors (Lipinski definition) is 6. The van der Waals surface area contributed by atoms with Gasteiger partial charge in [0.2, 0.25) is 15.0 Å². The highest BCUT2D eigenvalue weighted by Gasteiger charge is 2.29. The second kappa shape index (κ2) is 7.31. The maximum atomic E-state index is 11.7. The van der Waals surface area contributed by atoms with Crippen molar-refractivity contribution in [3.8, 4) is 0 Å². The molecule has 0 atom stereocenters. The van der Waals surface area contributed by atoms with Crippen LogP contribution in [0.5, 0.6) is 0 Å². The molecule has 1 fully saturated rings. The van der Waals surface area contributed by atoms with Gasteiger partial charge < -0.3 is 0 Å². The number of nitrogens with zero attached hydrogens (tertiary/aromatic N) is 5. The Morgan fingerprint density at radius 1 is 1.19 bits per heavy atom. The van der Waals surface area contributed by atoms with Gasteiger partial charge in [-0.15, -0.1) is 10.2 Å². The summed E-state index contributed by atoms with van der Waals surface area (Å²) in [4.78, 5) is 0.731. The summed E-state index contributed by atoms with van der Waals surface area (Å²) in [5.74, 6) is 0.951. The van der Waals surface area contributed by atoms with Crippen LogP contribution in [0.1, 0.15) is 35.2 Å². The molecule has 0 unspecified atom stereocenters. The molecule has 0 spiro atoms. The third-order valence-electron chi connectivity index (χ3n) is 4.63. The van der Waals surface area contributed by atoms with E-state index in [1.165, 1.54) is 21.9 Å². The van der Waals surface area contributed by atoms with Crippen LogP contribution < -0.4 is 0 Å². The van der Waals surface area contributed by atoms with Crippen molar-refractivity contribution >= 4 is 50.1 Å². The van der Waals surface area contributed by atoms with E-state index in [0.717, 1.165) is 34.2 Å². The number of benzene rings is 1. The lowest BCUT2D eigenvalue weighted by Crippen LogP contribution is -2.37. The Bertz CT molecular complexity index is 1100. The van der Waals surface area contributed by atoms with Crippen LogP contribution in [0.2, 0.25) is 5.02 Å². The van der Waals surface area contributed by atoms with Gasteiger partial charge in [-0.25, -0.2) is 12.7 Å². The van der Waals surface area contributed by atoms with Gasteiger partial charge in [0.25, 0.3) is 0 Å². The molecule has 0 amide bonds. The fraction of sp³-hybridized carbons (Fsp3) is 0.353. The number of sulfonamides is 1. The SMILES string of the molecule is CS(=O)(=O)N1CCC(c2nnc3sc(/C=C/c4ccccc4Cl)nn23)CC1. The van der Waals surface area contributed by atoms with Crippen LogP contribution in [-0.4, -0.2) is 51.9 Å². The Labute approximate surface area is 166 Å². The Hall–Kier alpha value is -1.81. The summed E-state index contributed by atoms with van der Waals surface area (Å²) in [5.41, 5.74) is 0.929. The van der Waals surface area contributed by atoms with Gasteiger partial charge in [-0.3, -0.25) is 0 Å². The molecule has 1 aromatic carbocycles. The monoisotopic (exact) mass is 423 g/mol. The standard InChI is InChI=1S/C17H18ClN5O2S2/c1-27(24,25)22-10-8-13(9-11-22)16-19-20-17-23(16)21-15(26-17)7-6-12-4-2-3-5-14(12)18/h2-7,13H,8-11H2,1H3/b7-6+. The molecule has 3 heterocycles. The lowest BCUT2D eigenvalue weighted by molar-refractivity contribution is 0.313. The number of hydrogen-bond donors (Lipinski definition) is 0. The highest BCUT2D eigenvalue weighted by Crippen LogP contribution is 2.29. The molecule has 0 saturated carbocycles. The molecule has 4 rings (SSSR count). The van der Waals surface area contributed by atoms with Crippen molar-refractivity contribution in [2.45, 2.75) is 18.8 Å². The van der Waals surface area contributed by atoms with Crippen molar-refractivity contribution in [1.29, 1.82) is 0 Å². The summed E-state index contributed by atoms with van der Waals surface area (Å²) in [5, 5.41) is 14.6. The molecule has 0 N–H and O–H groups in total. The lowest BCUT2D eigenvalue weighted by Gasteiger charge is -2.28. The van der Waals surface area contributed by atoms with Crippen LogP contribution in [0, 0.1) is 0 Å². The first-order chi connectivity index (χ1) is 12.9. The van der Waals surface area contributed by atoms with Crippen LogP contribution >= 0.6 is 22.9 Å². The summed E-state index contributed by atoms with van der Waals surface area (Å²) < 4.78 is 26.6. The number of aromatic nitrogens is 4. The Kier molecular flexibility index (Phi) is 5.02. The van der Waals surface area contributed by atoms with E-state index in [1.54, 1.807) is 4.52 Å². The smallest absolute Gasteiger partial charge is 0.213 e. The van der Waals surface area contributed by atoms with Crippen molar-refractivity contribution in [2.75, 3.05) is 19.3 Å². The molecule has 0 radical (unpaired) electrons. The van der Waals surface area contributed by atoms with Crippen LogP contribution in [0.25, 0.3) is 17.1 Å². The first-order valence-electron chi connectivity index (χ1n) is 8.52. The molecular formula is C17H18ClN5O2S2. The van der Waals surface area contributed by atoms with E-state index in [9.17, 15) is 8.42 Å². The molecule has 3 aromatic rings. The van der Waals surface area contributed by atoms with E-state index in [1.807, 2.05) is 36.4 Å². The Morgan fingerprint density at radius 3 is 2.63 bits per heavy atom. The van der Waals surface area contributed by atoms with E-state index < -0.39 is 10.0 Å². The zero-order chi connectivity index (χ0) is 19.0. The van der Waals surface area contributed by atoms with Crippen molar-refractivity contribution < 1.29 is 8.42 Å². The van der Waals surface area contributed by atoms with Crippen molar-refractivity contribution in [1.82, 2.24) is 24.1 Å². The van der Waals surface area contributed by atoms with E-state index >= 15 is 0 Å². The second-order valence-corrected chi connectivity index (χ2v) is 9.86. The number of rotatable bonds is 4. The van der Waals surface area contributed by atoms with E-state index in [2.05, 4.69) is 15.3 Å². The van der Waals surface area contributed by atoms with Gasteiger partial charge in [0.05, 0.1) is 6.26 Å². The largest absolute Gasteiger partial charge is 0.234 e. The average Bonchev–Trinajstić information content (AvgIpc) is 3.20. The first-order valence-corrected chi connectivity index (χ1v) is 11.6. The second-order valence-electron chi connectivity index (χ2n) is 6.48. The van der Waals surface area contributed by atoms with E-state index in [0.29, 0.717) is 18.1 Å². The Morgan fingerprint density at radius 2 is 1.93 bits per heavy atom. The third-order valence-corrected chi connectivity index (χ3v) is 7.14. The highest BCUT2D eigenvalue weighted by atomic mass is 35.5.